The Kier molecular flexibility index (Phi) is 4.65. The Hall–Kier alpha value is -3.89. The first-order chi connectivity index (χ1) is 14.3. The van der Waals surface area contributed by atoms with Crippen molar-refractivity contribution in [3.05, 3.63) is 71.1 Å². The van der Waals surface area contributed by atoms with Crippen molar-refractivity contribution in [2.45, 2.75) is 19.8 Å². The van der Waals surface area contributed by atoms with Gasteiger partial charge >= 0.3 is 5.92 Å². The summed E-state index contributed by atoms with van der Waals surface area (Å²) < 4.78 is 44.9. The fourth-order valence-corrected chi connectivity index (χ4v) is 2.96. The molecule has 0 aliphatic rings. The van der Waals surface area contributed by atoms with Crippen LogP contribution in [0.5, 0.6) is 0 Å². The van der Waals surface area contributed by atoms with Crippen molar-refractivity contribution in [1.29, 1.82) is 0 Å². The van der Waals surface area contributed by atoms with Crippen LogP contribution in [0.3, 0.4) is 0 Å². The third-order valence-corrected chi connectivity index (χ3v) is 4.46. The standard InChI is InChI=1S/C19H16F3N7O/c1-10-9-15(27-26-10)23-18-25-17(19(21,22)12-3-5-13(20)6-4-12)24-16-8-7-14(29(16)18)11(2)28-30/h3-9,30H,1-2H3,(H2,23,24,25,26,27). The monoisotopic (exact) mass is 415 g/mol. The molecule has 30 heavy (non-hydrogen) atoms. The van der Waals surface area contributed by atoms with Gasteiger partial charge in [-0.25, -0.2) is 9.37 Å². The predicted molar refractivity (Wildman–Crippen MR) is 103 cm³/mol. The number of aryl methyl sites for hydroxylation is 1. The molecule has 3 heterocycles. The second kappa shape index (κ2) is 7.17. The molecule has 0 radical (unpaired) electrons. The number of nitrogens with zero attached hydrogens (tertiary/aromatic N) is 5. The molecule has 154 valence electrons. The fourth-order valence-electron chi connectivity index (χ4n) is 2.96. The minimum atomic E-state index is -3.59. The fraction of sp³-hybridized carbons (Fsp3) is 0.158. The Balaban J connectivity index is 1.90. The van der Waals surface area contributed by atoms with Gasteiger partial charge in [0.2, 0.25) is 11.8 Å². The minimum Gasteiger partial charge on any atom is -0.411 e. The highest BCUT2D eigenvalue weighted by Gasteiger charge is 2.38. The molecule has 0 bridgehead atoms. The summed E-state index contributed by atoms with van der Waals surface area (Å²) in [6.45, 7) is 3.33. The second-order valence-corrected chi connectivity index (χ2v) is 6.61. The molecule has 0 saturated carbocycles. The van der Waals surface area contributed by atoms with E-state index in [0.29, 0.717) is 11.5 Å². The molecule has 4 rings (SSSR count). The van der Waals surface area contributed by atoms with Crippen molar-refractivity contribution in [3.63, 3.8) is 0 Å². The normalized spacial score (nSPS) is 12.5. The van der Waals surface area contributed by atoms with Crippen LogP contribution in [-0.4, -0.2) is 35.5 Å². The lowest BCUT2D eigenvalue weighted by molar-refractivity contribution is 0.0330. The third kappa shape index (κ3) is 3.34. The molecule has 0 unspecified atom stereocenters. The highest BCUT2D eigenvalue weighted by molar-refractivity contribution is 5.98. The molecule has 0 atom stereocenters. The Morgan fingerprint density at radius 3 is 2.53 bits per heavy atom. The van der Waals surface area contributed by atoms with Crippen molar-refractivity contribution in [3.8, 4) is 0 Å². The lowest BCUT2D eigenvalue weighted by Gasteiger charge is -2.17. The summed E-state index contributed by atoms with van der Waals surface area (Å²) in [7, 11) is 0. The third-order valence-electron chi connectivity index (χ3n) is 4.46. The summed E-state index contributed by atoms with van der Waals surface area (Å²) in [5, 5.41) is 22.0. The maximum atomic E-state index is 15.1. The minimum absolute atomic E-state index is 0.00807. The molecule has 0 spiro atoms. The molecule has 3 N–H and O–H groups in total. The Morgan fingerprint density at radius 1 is 1.17 bits per heavy atom. The number of anilines is 2. The molecular weight excluding hydrogens is 399 g/mol. The van der Waals surface area contributed by atoms with Gasteiger partial charge in [0.15, 0.2) is 5.82 Å². The number of halogens is 3. The van der Waals surface area contributed by atoms with Crippen LogP contribution in [0.4, 0.5) is 24.9 Å². The smallest absolute Gasteiger partial charge is 0.331 e. The van der Waals surface area contributed by atoms with Crippen LogP contribution < -0.4 is 5.32 Å². The van der Waals surface area contributed by atoms with Crippen molar-refractivity contribution in [1.82, 2.24) is 24.6 Å². The second-order valence-electron chi connectivity index (χ2n) is 6.61. The van der Waals surface area contributed by atoms with Gasteiger partial charge < -0.3 is 10.5 Å². The Labute approximate surface area is 168 Å². The predicted octanol–water partition coefficient (Wildman–Crippen LogP) is 3.98. The van der Waals surface area contributed by atoms with E-state index in [1.54, 1.807) is 26.0 Å². The average Bonchev–Trinajstić information content (AvgIpc) is 3.33. The van der Waals surface area contributed by atoms with E-state index >= 15 is 8.78 Å². The summed E-state index contributed by atoms with van der Waals surface area (Å²) in [5.41, 5.74) is 1.08. The number of nitrogens with one attached hydrogen (secondary N) is 2. The molecule has 0 aliphatic heterocycles. The molecule has 0 aliphatic carbocycles. The zero-order chi connectivity index (χ0) is 21.5. The van der Waals surface area contributed by atoms with E-state index < -0.39 is 23.1 Å². The Bertz CT molecular complexity index is 1240. The number of rotatable bonds is 5. The van der Waals surface area contributed by atoms with E-state index in [1.165, 1.54) is 10.5 Å². The summed E-state index contributed by atoms with van der Waals surface area (Å²) in [6.07, 6.45) is 0. The van der Waals surface area contributed by atoms with E-state index in [2.05, 4.69) is 30.6 Å². The summed E-state index contributed by atoms with van der Waals surface area (Å²) in [4.78, 5) is 8.03. The number of hydrogen-bond acceptors (Lipinski definition) is 6. The van der Waals surface area contributed by atoms with E-state index in [0.717, 1.165) is 30.0 Å². The number of benzene rings is 1. The maximum Gasteiger partial charge on any atom is 0.331 e. The first-order valence-corrected chi connectivity index (χ1v) is 8.81. The van der Waals surface area contributed by atoms with Crippen LogP contribution in [0.1, 0.15) is 29.7 Å². The highest BCUT2D eigenvalue weighted by Crippen LogP contribution is 2.35. The number of oxime groups is 1. The van der Waals surface area contributed by atoms with Gasteiger partial charge in [0, 0.05) is 17.3 Å². The zero-order valence-corrected chi connectivity index (χ0v) is 15.9. The molecule has 0 saturated heterocycles. The van der Waals surface area contributed by atoms with Gasteiger partial charge in [0.25, 0.3) is 0 Å². The lowest BCUT2D eigenvalue weighted by atomic mass is 10.1. The van der Waals surface area contributed by atoms with Crippen LogP contribution in [0, 0.1) is 12.7 Å². The number of aromatic amines is 1. The van der Waals surface area contributed by atoms with Gasteiger partial charge in [-0.15, -0.1) is 0 Å². The van der Waals surface area contributed by atoms with Gasteiger partial charge in [0.1, 0.15) is 17.2 Å². The quantitative estimate of drug-likeness (QED) is 0.260. The van der Waals surface area contributed by atoms with Crippen molar-refractivity contribution < 1.29 is 18.4 Å². The number of aromatic nitrogens is 5. The van der Waals surface area contributed by atoms with Crippen molar-refractivity contribution in [2.75, 3.05) is 5.32 Å². The van der Waals surface area contributed by atoms with Gasteiger partial charge in [-0.1, -0.05) is 5.16 Å². The van der Waals surface area contributed by atoms with Crippen molar-refractivity contribution in [2.24, 2.45) is 5.16 Å². The molecule has 0 amide bonds. The van der Waals surface area contributed by atoms with E-state index in [4.69, 9.17) is 5.21 Å². The van der Waals surface area contributed by atoms with Crippen LogP contribution in [0.2, 0.25) is 0 Å². The van der Waals surface area contributed by atoms with Crippen LogP contribution >= 0.6 is 0 Å². The Morgan fingerprint density at radius 2 is 1.90 bits per heavy atom. The zero-order valence-electron chi connectivity index (χ0n) is 15.9. The lowest BCUT2D eigenvalue weighted by Crippen LogP contribution is -2.22. The van der Waals surface area contributed by atoms with E-state index in [-0.39, 0.29) is 17.3 Å². The molecule has 3 aromatic heterocycles. The van der Waals surface area contributed by atoms with Crippen LogP contribution in [-0.2, 0) is 5.92 Å². The first-order valence-electron chi connectivity index (χ1n) is 8.81. The van der Waals surface area contributed by atoms with Crippen molar-refractivity contribution >= 4 is 23.1 Å². The maximum absolute atomic E-state index is 15.1. The molecular formula is C19H16F3N7O. The van der Waals surface area contributed by atoms with Gasteiger partial charge in [0.05, 0.1) is 5.69 Å². The van der Waals surface area contributed by atoms with E-state index in [1.807, 2.05) is 0 Å². The highest BCUT2D eigenvalue weighted by atomic mass is 19.3. The van der Waals surface area contributed by atoms with Gasteiger partial charge in [-0.05, 0) is 50.2 Å². The number of hydrogen-bond donors (Lipinski definition) is 3. The molecule has 1 aromatic carbocycles. The SMILES string of the molecule is CC(=NO)c1ccc2nc(C(F)(F)c3ccc(F)cc3)nc(Nc3cc(C)[nH]n3)n12. The number of fused-ring (bicyclic) bond motifs is 1. The summed E-state index contributed by atoms with van der Waals surface area (Å²) in [5.74, 6) is -4.65. The summed E-state index contributed by atoms with van der Waals surface area (Å²) >= 11 is 0. The number of H-pyrrole nitrogens is 1. The van der Waals surface area contributed by atoms with Gasteiger partial charge in [-0.2, -0.15) is 18.9 Å². The topological polar surface area (TPSA) is 103 Å². The van der Waals surface area contributed by atoms with Crippen LogP contribution in [0.25, 0.3) is 5.65 Å². The first kappa shape index (κ1) is 19.4. The number of alkyl halides is 2. The molecule has 11 heteroatoms. The molecule has 8 nitrogen and oxygen atoms in total. The van der Waals surface area contributed by atoms with E-state index in [9.17, 15) is 4.39 Å². The summed E-state index contributed by atoms with van der Waals surface area (Å²) in [6, 6.07) is 8.60. The molecule has 4 aromatic rings. The molecule has 0 fully saturated rings. The van der Waals surface area contributed by atoms with Crippen LogP contribution in [0.15, 0.2) is 47.6 Å². The largest absolute Gasteiger partial charge is 0.411 e. The average molecular weight is 415 g/mol. The van der Waals surface area contributed by atoms with Gasteiger partial charge in [-0.3, -0.25) is 9.50 Å².